The van der Waals surface area contributed by atoms with Crippen molar-refractivity contribution in [1.82, 2.24) is 30.4 Å². The first-order chi connectivity index (χ1) is 18.6. The van der Waals surface area contributed by atoms with Crippen molar-refractivity contribution in [2.24, 2.45) is 0 Å². The second kappa shape index (κ2) is 11.8. The molecule has 4 aromatic heterocycles. The van der Waals surface area contributed by atoms with Crippen LogP contribution in [-0.2, 0) is 29.2 Å². The number of nitrogens with one attached hydrogen (secondary N) is 1. The van der Waals surface area contributed by atoms with E-state index in [2.05, 4.69) is 20.7 Å². The highest BCUT2D eigenvalue weighted by molar-refractivity contribution is 7.13. The number of amides is 2. The largest absolute Gasteiger partial charge is 0.497 e. The average molecular weight is 549 g/mol. The SMILES string of the molecule is COc1ccc([C@H](C(=O)NCc2cccs2)N(Cc2ccco2)C(=O)Cn2nnc(-c3cccs3)n2)cc1. The number of aromatic nitrogens is 4. The highest BCUT2D eigenvalue weighted by Gasteiger charge is 2.33. The van der Waals surface area contributed by atoms with Gasteiger partial charge in [-0.2, -0.15) is 4.80 Å². The molecule has 2 amide bonds. The van der Waals surface area contributed by atoms with Crippen molar-refractivity contribution in [1.29, 1.82) is 0 Å². The van der Waals surface area contributed by atoms with Crippen LogP contribution in [0.25, 0.3) is 10.7 Å². The fraction of sp³-hybridized carbons (Fsp3) is 0.192. The summed E-state index contributed by atoms with van der Waals surface area (Å²) in [5.74, 6) is 0.917. The van der Waals surface area contributed by atoms with E-state index in [1.165, 1.54) is 27.3 Å². The first kappa shape index (κ1) is 25.4. The molecule has 4 heterocycles. The van der Waals surface area contributed by atoms with E-state index in [-0.39, 0.29) is 24.9 Å². The van der Waals surface area contributed by atoms with Crippen LogP contribution < -0.4 is 10.1 Å². The van der Waals surface area contributed by atoms with Gasteiger partial charge in [0.05, 0.1) is 31.3 Å². The molecule has 5 aromatic rings. The summed E-state index contributed by atoms with van der Waals surface area (Å²) in [6, 6.07) is 17.3. The molecule has 194 valence electrons. The Labute approximate surface area is 226 Å². The summed E-state index contributed by atoms with van der Waals surface area (Å²) in [5.41, 5.74) is 0.625. The Morgan fingerprint density at radius 3 is 2.58 bits per heavy atom. The van der Waals surface area contributed by atoms with Crippen LogP contribution >= 0.6 is 22.7 Å². The Morgan fingerprint density at radius 2 is 1.89 bits per heavy atom. The third-order valence-electron chi connectivity index (χ3n) is 5.71. The fourth-order valence-electron chi connectivity index (χ4n) is 3.86. The lowest BCUT2D eigenvalue weighted by Crippen LogP contribution is -2.44. The number of methoxy groups -OCH3 is 1. The molecule has 10 nitrogen and oxygen atoms in total. The zero-order valence-electron chi connectivity index (χ0n) is 20.4. The lowest BCUT2D eigenvalue weighted by molar-refractivity contribution is -0.142. The molecule has 0 aliphatic carbocycles. The van der Waals surface area contributed by atoms with Gasteiger partial charge in [0.25, 0.3) is 0 Å². The molecule has 0 bridgehead atoms. The van der Waals surface area contributed by atoms with Crippen molar-refractivity contribution in [3.05, 3.63) is 93.9 Å². The van der Waals surface area contributed by atoms with E-state index in [1.807, 2.05) is 35.0 Å². The molecule has 38 heavy (non-hydrogen) atoms. The number of nitrogens with zero attached hydrogens (tertiary/aromatic N) is 5. The molecule has 0 aliphatic heterocycles. The van der Waals surface area contributed by atoms with Crippen LogP contribution in [0.5, 0.6) is 5.75 Å². The molecular formula is C26H24N6O4S2. The Balaban J connectivity index is 1.45. The van der Waals surface area contributed by atoms with Crippen LogP contribution in [0, 0.1) is 0 Å². The molecule has 1 N–H and O–H groups in total. The smallest absolute Gasteiger partial charge is 0.247 e. The number of ether oxygens (including phenoxy) is 1. The molecule has 5 rings (SSSR count). The minimum atomic E-state index is -0.946. The first-order valence-electron chi connectivity index (χ1n) is 11.7. The van der Waals surface area contributed by atoms with Crippen LogP contribution in [0.1, 0.15) is 22.2 Å². The van der Waals surface area contributed by atoms with Gasteiger partial charge in [-0.1, -0.05) is 24.3 Å². The van der Waals surface area contributed by atoms with E-state index < -0.39 is 6.04 Å². The van der Waals surface area contributed by atoms with Crippen LogP contribution in [0.3, 0.4) is 0 Å². The molecular weight excluding hydrogens is 524 g/mol. The van der Waals surface area contributed by atoms with Crippen molar-refractivity contribution in [2.75, 3.05) is 7.11 Å². The third-order valence-corrected chi connectivity index (χ3v) is 7.45. The summed E-state index contributed by atoms with van der Waals surface area (Å²) in [6.07, 6.45) is 1.53. The highest BCUT2D eigenvalue weighted by Crippen LogP contribution is 2.27. The molecule has 0 saturated carbocycles. The number of benzene rings is 1. The van der Waals surface area contributed by atoms with Crippen molar-refractivity contribution in [3.63, 3.8) is 0 Å². The van der Waals surface area contributed by atoms with Gasteiger partial charge >= 0.3 is 0 Å². The van der Waals surface area contributed by atoms with E-state index in [0.717, 1.165) is 9.75 Å². The zero-order chi connectivity index (χ0) is 26.3. The predicted octanol–water partition coefficient (Wildman–Crippen LogP) is 4.15. The van der Waals surface area contributed by atoms with Gasteiger partial charge in [0, 0.05) is 4.88 Å². The molecule has 1 atom stereocenters. The van der Waals surface area contributed by atoms with E-state index in [4.69, 9.17) is 9.15 Å². The van der Waals surface area contributed by atoms with Gasteiger partial charge in [-0.25, -0.2) is 0 Å². The number of carbonyl (C=O) groups is 2. The topological polar surface area (TPSA) is 115 Å². The van der Waals surface area contributed by atoms with Crippen molar-refractivity contribution in [3.8, 4) is 16.5 Å². The second-order valence-electron chi connectivity index (χ2n) is 8.19. The maximum Gasteiger partial charge on any atom is 0.247 e. The number of thiophene rings is 2. The Bertz CT molecular complexity index is 1450. The number of hydrogen-bond acceptors (Lipinski definition) is 9. The van der Waals surface area contributed by atoms with E-state index in [1.54, 1.807) is 54.8 Å². The molecule has 0 radical (unpaired) electrons. The van der Waals surface area contributed by atoms with Crippen LogP contribution in [0.4, 0.5) is 0 Å². The van der Waals surface area contributed by atoms with Gasteiger partial charge < -0.3 is 19.4 Å². The molecule has 12 heteroatoms. The van der Waals surface area contributed by atoms with E-state index in [0.29, 0.717) is 29.4 Å². The van der Waals surface area contributed by atoms with Gasteiger partial charge in [0.2, 0.25) is 17.6 Å². The van der Waals surface area contributed by atoms with Crippen LogP contribution in [0.2, 0.25) is 0 Å². The molecule has 0 saturated heterocycles. The lowest BCUT2D eigenvalue weighted by atomic mass is 10.0. The molecule has 0 fully saturated rings. The third kappa shape index (κ3) is 5.98. The molecule has 0 spiro atoms. The van der Waals surface area contributed by atoms with Gasteiger partial charge in [0.1, 0.15) is 24.1 Å². The molecule has 0 unspecified atom stereocenters. The number of carbonyl (C=O) groups excluding carboxylic acids is 2. The average Bonchev–Trinajstić information content (AvgIpc) is 3.76. The minimum Gasteiger partial charge on any atom is -0.497 e. The normalized spacial score (nSPS) is 11.7. The highest BCUT2D eigenvalue weighted by atomic mass is 32.1. The summed E-state index contributed by atoms with van der Waals surface area (Å²) in [6.45, 7) is 0.214. The first-order valence-corrected chi connectivity index (χ1v) is 13.4. The zero-order valence-corrected chi connectivity index (χ0v) is 22.0. The Morgan fingerprint density at radius 1 is 1.08 bits per heavy atom. The number of rotatable bonds is 11. The maximum atomic E-state index is 13.8. The van der Waals surface area contributed by atoms with E-state index >= 15 is 0 Å². The van der Waals surface area contributed by atoms with Crippen LogP contribution in [-0.4, -0.2) is 44.0 Å². The minimum absolute atomic E-state index is 0.0709. The summed E-state index contributed by atoms with van der Waals surface area (Å²) in [5, 5.41) is 19.3. The quantitative estimate of drug-likeness (QED) is 0.264. The second-order valence-corrected chi connectivity index (χ2v) is 10.2. The Kier molecular flexibility index (Phi) is 7.90. The fourth-order valence-corrected chi connectivity index (χ4v) is 5.16. The van der Waals surface area contributed by atoms with Gasteiger partial charge in [-0.3, -0.25) is 9.59 Å². The molecule has 1 aromatic carbocycles. The standard InChI is InChI=1S/C26H24N6O4S2/c1-35-19-10-8-18(9-11-19)24(26(34)27-15-21-6-3-13-37-21)31(16-20-5-2-12-36-20)23(33)17-32-29-25(28-30-32)22-7-4-14-38-22/h2-14,24H,15-17H2,1H3,(H,27,34)/t24-/m1/s1. The summed E-state index contributed by atoms with van der Waals surface area (Å²) >= 11 is 3.03. The van der Waals surface area contributed by atoms with Crippen molar-refractivity contribution >= 4 is 34.5 Å². The van der Waals surface area contributed by atoms with Gasteiger partial charge in [0.15, 0.2) is 0 Å². The number of hydrogen-bond donors (Lipinski definition) is 1. The van der Waals surface area contributed by atoms with Crippen molar-refractivity contribution in [2.45, 2.75) is 25.7 Å². The van der Waals surface area contributed by atoms with Gasteiger partial charge in [-0.05, 0) is 57.9 Å². The summed E-state index contributed by atoms with van der Waals surface area (Å²) < 4.78 is 10.8. The Hall–Kier alpha value is -4.29. The summed E-state index contributed by atoms with van der Waals surface area (Å²) in [4.78, 5) is 32.0. The summed E-state index contributed by atoms with van der Waals surface area (Å²) in [7, 11) is 1.57. The number of furan rings is 1. The van der Waals surface area contributed by atoms with Crippen LogP contribution in [0.15, 0.2) is 82.1 Å². The monoisotopic (exact) mass is 548 g/mol. The lowest BCUT2D eigenvalue weighted by Gasteiger charge is -2.30. The van der Waals surface area contributed by atoms with Crippen molar-refractivity contribution < 1.29 is 18.7 Å². The van der Waals surface area contributed by atoms with Gasteiger partial charge in [-0.15, -0.1) is 32.9 Å². The number of tetrazole rings is 1. The predicted molar refractivity (Wildman–Crippen MR) is 142 cm³/mol. The maximum absolute atomic E-state index is 13.8. The van der Waals surface area contributed by atoms with E-state index in [9.17, 15) is 9.59 Å². The molecule has 0 aliphatic rings.